The summed E-state index contributed by atoms with van der Waals surface area (Å²) in [6.45, 7) is 10.8. The third kappa shape index (κ3) is 19.6. The van der Waals surface area contributed by atoms with Gasteiger partial charge in [0.15, 0.2) is 0 Å². The van der Waals surface area contributed by atoms with E-state index in [1.807, 2.05) is 21.1 Å². The first-order valence-corrected chi connectivity index (χ1v) is 10.3. The van der Waals surface area contributed by atoms with Gasteiger partial charge in [0.05, 0.1) is 32.8 Å². The van der Waals surface area contributed by atoms with Crippen molar-refractivity contribution in [3.8, 4) is 0 Å². The molecule has 0 amide bonds. The molecule has 0 radical (unpaired) electrons. The highest BCUT2D eigenvalue weighted by molar-refractivity contribution is 5.69. The summed E-state index contributed by atoms with van der Waals surface area (Å²) in [5.41, 5.74) is 0.139. The predicted octanol–water partition coefficient (Wildman–Crippen LogP) is 2.58. The molecule has 0 aliphatic heterocycles. The molecule has 0 fully saturated rings. The molecule has 0 aromatic heterocycles. The summed E-state index contributed by atoms with van der Waals surface area (Å²) in [5, 5.41) is 0. The van der Waals surface area contributed by atoms with Crippen molar-refractivity contribution in [3.63, 3.8) is 0 Å². The fourth-order valence-corrected chi connectivity index (χ4v) is 2.16. The molecule has 7 heteroatoms. The third-order valence-corrected chi connectivity index (χ3v) is 4.14. The Morgan fingerprint density at radius 2 is 1.29 bits per heavy atom. The van der Waals surface area contributed by atoms with Crippen molar-refractivity contribution in [2.75, 3.05) is 67.2 Å². The molecule has 0 bridgehead atoms. The lowest BCUT2D eigenvalue weighted by Gasteiger charge is -2.17. The van der Waals surface area contributed by atoms with Gasteiger partial charge in [-0.2, -0.15) is 0 Å². The Morgan fingerprint density at radius 3 is 1.82 bits per heavy atom. The number of carbonyl (C=O) groups excluding carboxylic acids is 2. The molecular weight excluding hydrogens is 360 g/mol. The summed E-state index contributed by atoms with van der Waals surface area (Å²) in [6, 6.07) is 0. The Bertz CT molecular complexity index is 422. The molecule has 0 aromatic rings. The minimum Gasteiger partial charge on any atom is -0.466 e. The van der Waals surface area contributed by atoms with E-state index < -0.39 is 0 Å². The fraction of sp³-hybridized carbons (Fsp3) is 0.905. The first kappa shape index (κ1) is 26.8. The highest BCUT2D eigenvalue weighted by Gasteiger charge is 2.13. The molecule has 0 saturated heterocycles. The number of rotatable bonds is 16. The van der Waals surface area contributed by atoms with Gasteiger partial charge in [0.1, 0.15) is 0 Å². The zero-order chi connectivity index (χ0) is 21.4. The molecule has 0 rings (SSSR count). The maximum atomic E-state index is 11.7. The lowest BCUT2D eigenvalue weighted by molar-refractivity contribution is -0.146. The number of esters is 2. The maximum Gasteiger partial charge on any atom is 0.307 e. The van der Waals surface area contributed by atoms with E-state index in [0.29, 0.717) is 52.0 Å². The van der Waals surface area contributed by atoms with Gasteiger partial charge in [0, 0.05) is 26.1 Å². The largest absolute Gasteiger partial charge is 0.466 e. The molecule has 0 unspecified atom stereocenters. The van der Waals surface area contributed by atoms with Crippen molar-refractivity contribution in [2.45, 2.75) is 52.9 Å². The Balaban J connectivity index is 3.51. The second-order valence-electron chi connectivity index (χ2n) is 8.68. The predicted molar refractivity (Wildman–Crippen MR) is 111 cm³/mol. The summed E-state index contributed by atoms with van der Waals surface area (Å²) in [6.07, 6.45) is 3.05. The molecule has 0 aromatic carbocycles. The Kier molecular flexibility index (Phi) is 15.0. The smallest absolute Gasteiger partial charge is 0.307 e. The summed E-state index contributed by atoms with van der Waals surface area (Å²) >= 11 is 0. The summed E-state index contributed by atoms with van der Waals surface area (Å²) in [4.78, 5) is 27.5. The van der Waals surface area contributed by atoms with Crippen molar-refractivity contribution >= 4 is 11.9 Å². The van der Waals surface area contributed by atoms with Gasteiger partial charge in [-0.05, 0) is 45.8 Å². The number of likely N-dealkylation sites (N-methyl/N-ethyl adjacent to an activating group) is 2. The molecule has 7 nitrogen and oxygen atoms in total. The van der Waals surface area contributed by atoms with Crippen LogP contribution in [0.5, 0.6) is 0 Å². The van der Waals surface area contributed by atoms with Crippen LogP contribution in [0, 0.1) is 5.41 Å². The quantitative estimate of drug-likeness (QED) is 0.290. The van der Waals surface area contributed by atoms with Crippen LogP contribution in [-0.2, 0) is 23.8 Å². The van der Waals surface area contributed by atoms with Crippen LogP contribution < -0.4 is 0 Å². The Labute approximate surface area is 171 Å². The molecule has 28 heavy (non-hydrogen) atoms. The van der Waals surface area contributed by atoms with Crippen LogP contribution in [-0.4, -0.2) is 88.9 Å². The van der Waals surface area contributed by atoms with Crippen molar-refractivity contribution < 1.29 is 23.8 Å². The van der Waals surface area contributed by atoms with Gasteiger partial charge in [-0.15, -0.1) is 0 Å². The van der Waals surface area contributed by atoms with E-state index >= 15 is 0 Å². The fourth-order valence-electron chi connectivity index (χ4n) is 2.16. The number of ether oxygens (including phenoxy) is 3. The van der Waals surface area contributed by atoms with Crippen LogP contribution in [0.4, 0.5) is 0 Å². The number of unbranched alkanes of at least 4 members (excludes halogenated alkanes) is 1. The van der Waals surface area contributed by atoms with Gasteiger partial charge in [-0.25, -0.2) is 0 Å². The molecule has 0 aliphatic carbocycles. The van der Waals surface area contributed by atoms with E-state index in [9.17, 15) is 9.59 Å². The summed E-state index contributed by atoms with van der Waals surface area (Å²) in [5.74, 6) is -0.344. The van der Waals surface area contributed by atoms with E-state index in [0.717, 1.165) is 26.1 Å². The highest BCUT2D eigenvalue weighted by Crippen LogP contribution is 2.20. The summed E-state index contributed by atoms with van der Waals surface area (Å²) < 4.78 is 15.9. The normalized spacial score (nSPS) is 11.9. The number of hydrogen-bond donors (Lipinski definition) is 0. The van der Waals surface area contributed by atoms with Gasteiger partial charge in [-0.1, -0.05) is 20.8 Å². The monoisotopic (exact) mass is 402 g/mol. The average molecular weight is 403 g/mol. The van der Waals surface area contributed by atoms with Gasteiger partial charge >= 0.3 is 11.9 Å². The first-order chi connectivity index (χ1) is 13.1. The number of hydrogen-bond acceptors (Lipinski definition) is 7. The molecule has 166 valence electrons. The van der Waals surface area contributed by atoms with Crippen LogP contribution in [0.2, 0.25) is 0 Å². The lowest BCUT2D eigenvalue weighted by atomic mass is 9.91. The van der Waals surface area contributed by atoms with Crippen LogP contribution in [0.3, 0.4) is 0 Å². The van der Waals surface area contributed by atoms with Crippen molar-refractivity contribution in [1.29, 1.82) is 0 Å². The third-order valence-electron chi connectivity index (χ3n) is 4.14. The lowest BCUT2D eigenvalue weighted by Crippen LogP contribution is -2.27. The van der Waals surface area contributed by atoms with E-state index in [2.05, 4.69) is 30.6 Å². The van der Waals surface area contributed by atoms with Crippen LogP contribution in [0.25, 0.3) is 0 Å². The van der Waals surface area contributed by atoms with E-state index in [1.165, 1.54) is 0 Å². The maximum absolute atomic E-state index is 11.7. The molecule has 0 spiro atoms. The molecule has 0 saturated carbocycles. The van der Waals surface area contributed by atoms with E-state index in [4.69, 9.17) is 14.2 Å². The van der Waals surface area contributed by atoms with Gasteiger partial charge in [-0.3, -0.25) is 9.59 Å². The molecule has 0 heterocycles. The van der Waals surface area contributed by atoms with Crippen molar-refractivity contribution in [1.82, 2.24) is 9.80 Å². The van der Waals surface area contributed by atoms with Gasteiger partial charge in [0.2, 0.25) is 0 Å². The first-order valence-electron chi connectivity index (χ1n) is 10.3. The standard InChI is InChI=1S/C21H42N2O5/c1-21(2,3)11-9-19(24)27-15-7-8-16-28-20(25)10-12-23(6)14-18-26-17-13-22(4)5/h7-18H2,1-6H3. The second kappa shape index (κ2) is 15.7. The molecule has 0 aliphatic rings. The van der Waals surface area contributed by atoms with Crippen molar-refractivity contribution in [3.05, 3.63) is 0 Å². The SMILES string of the molecule is CN(C)CCOCCN(C)CCC(=O)OCCCCOC(=O)CCC(C)(C)C. The van der Waals surface area contributed by atoms with Crippen LogP contribution in [0.15, 0.2) is 0 Å². The van der Waals surface area contributed by atoms with Crippen LogP contribution >= 0.6 is 0 Å². The number of nitrogens with zero attached hydrogens (tertiary/aromatic N) is 2. The van der Waals surface area contributed by atoms with Gasteiger partial charge in [0.25, 0.3) is 0 Å². The highest BCUT2D eigenvalue weighted by atomic mass is 16.5. The van der Waals surface area contributed by atoms with Gasteiger partial charge < -0.3 is 24.0 Å². The zero-order valence-electron chi connectivity index (χ0n) is 18.9. The minimum absolute atomic E-state index is 0.139. The molecule has 0 N–H and O–H groups in total. The van der Waals surface area contributed by atoms with Crippen molar-refractivity contribution in [2.24, 2.45) is 5.41 Å². The van der Waals surface area contributed by atoms with Crippen LogP contribution in [0.1, 0.15) is 52.9 Å². The summed E-state index contributed by atoms with van der Waals surface area (Å²) in [7, 11) is 6.00. The number of carbonyl (C=O) groups is 2. The Hall–Kier alpha value is -1.18. The second-order valence-corrected chi connectivity index (χ2v) is 8.68. The molecule has 0 atom stereocenters. The topological polar surface area (TPSA) is 68.3 Å². The molecular formula is C21H42N2O5. The minimum atomic E-state index is -0.192. The average Bonchev–Trinajstić information content (AvgIpc) is 2.60. The van der Waals surface area contributed by atoms with E-state index in [1.54, 1.807) is 0 Å². The zero-order valence-corrected chi connectivity index (χ0v) is 18.9. The van der Waals surface area contributed by atoms with E-state index in [-0.39, 0.29) is 17.4 Å². The Morgan fingerprint density at radius 1 is 0.750 bits per heavy atom.